The van der Waals surface area contributed by atoms with E-state index >= 15 is 0 Å². The molecule has 1 heterocycles. The number of hydrogen-bond acceptors (Lipinski definition) is 4. The Morgan fingerprint density at radius 3 is 2.53 bits per heavy atom. The SMILES string of the molecule is N#Cc1nc(Oc2ccc(I)cc2)ccc1N. The van der Waals surface area contributed by atoms with Crippen molar-refractivity contribution in [1.29, 1.82) is 5.26 Å². The van der Waals surface area contributed by atoms with Gasteiger partial charge < -0.3 is 10.5 Å². The molecule has 2 aromatic rings. The van der Waals surface area contributed by atoms with Gasteiger partial charge in [-0.15, -0.1) is 0 Å². The number of benzene rings is 1. The number of rotatable bonds is 2. The fraction of sp³-hybridized carbons (Fsp3) is 0. The maximum absolute atomic E-state index is 8.80. The highest BCUT2D eigenvalue weighted by atomic mass is 127. The van der Waals surface area contributed by atoms with Gasteiger partial charge in [-0.25, -0.2) is 4.98 Å². The van der Waals surface area contributed by atoms with Crippen LogP contribution in [-0.4, -0.2) is 4.98 Å². The van der Waals surface area contributed by atoms with E-state index in [4.69, 9.17) is 15.7 Å². The Balaban J connectivity index is 2.25. The van der Waals surface area contributed by atoms with Crippen molar-refractivity contribution in [3.63, 3.8) is 0 Å². The quantitative estimate of drug-likeness (QED) is 0.856. The van der Waals surface area contributed by atoms with Crippen LogP contribution < -0.4 is 10.5 Å². The average Bonchev–Trinajstić information content (AvgIpc) is 2.34. The van der Waals surface area contributed by atoms with Crippen molar-refractivity contribution in [3.05, 3.63) is 45.7 Å². The second kappa shape index (κ2) is 5.01. The Morgan fingerprint density at radius 2 is 1.88 bits per heavy atom. The molecule has 1 aromatic carbocycles. The molecule has 0 saturated carbocycles. The summed E-state index contributed by atoms with van der Waals surface area (Å²) in [7, 11) is 0. The number of hydrogen-bond donors (Lipinski definition) is 1. The number of pyridine rings is 1. The Kier molecular flexibility index (Phi) is 3.44. The van der Waals surface area contributed by atoms with Gasteiger partial charge in [-0.3, -0.25) is 0 Å². The minimum Gasteiger partial charge on any atom is -0.439 e. The third kappa shape index (κ3) is 2.85. The molecule has 0 amide bonds. The minimum absolute atomic E-state index is 0.174. The van der Waals surface area contributed by atoms with Gasteiger partial charge in [0, 0.05) is 9.64 Å². The van der Waals surface area contributed by atoms with E-state index in [2.05, 4.69) is 27.6 Å². The topological polar surface area (TPSA) is 71.9 Å². The van der Waals surface area contributed by atoms with Crippen LogP contribution >= 0.6 is 22.6 Å². The predicted molar refractivity (Wildman–Crippen MR) is 72.6 cm³/mol. The lowest BCUT2D eigenvalue weighted by molar-refractivity contribution is 0.462. The zero-order valence-electron chi connectivity index (χ0n) is 8.72. The monoisotopic (exact) mass is 337 g/mol. The van der Waals surface area contributed by atoms with Gasteiger partial charge in [-0.2, -0.15) is 5.26 Å². The molecular weight excluding hydrogens is 329 g/mol. The number of ether oxygens (including phenoxy) is 1. The van der Waals surface area contributed by atoms with E-state index in [1.165, 1.54) is 0 Å². The number of anilines is 1. The molecule has 2 N–H and O–H groups in total. The van der Waals surface area contributed by atoms with Crippen LogP contribution in [0.1, 0.15) is 5.69 Å². The fourth-order valence-electron chi connectivity index (χ4n) is 1.22. The highest BCUT2D eigenvalue weighted by molar-refractivity contribution is 14.1. The van der Waals surface area contributed by atoms with Gasteiger partial charge in [0.1, 0.15) is 11.8 Å². The molecule has 0 atom stereocenters. The molecular formula is C12H8IN3O. The summed E-state index contributed by atoms with van der Waals surface area (Å²) in [4.78, 5) is 4.00. The lowest BCUT2D eigenvalue weighted by atomic mass is 10.3. The van der Waals surface area contributed by atoms with Gasteiger partial charge in [-0.1, -0.05) is 0 Å². The van der Waals surface area contributed by atoms with Gasteiger partial charge in [0.05, 0.1) is 5.69 Å². The fourth-order valence-corrected chi connectivity index (χ4v) is 1.58. The van der Waals surface area contributed by atoms with E-state index in [0.717, 1.165) is 3.57 Å². The maximum atomic E-state index is 8.80. The van der Waals surface area contributed by atoms with E-state index < -0.39 is 0 Å². The van der Waals surface area contributed by atoms with E-state index in [-0.39, 0.29) is 5.69 Å². The van der Waals surface area contributed by atoms with Crippen LogP contribution in [0.4, 0.5) is 5.69 Å². The molecule has 2 rings (SSSR count). The highest BCUT2D eigenvalue weighted by Gasteiger charge is 2.04. The number of nitrogen functional groups attached to an aromatic ring is 1. The number of halogens is 1. The first-order valence-corrected chi connectivity index (χ1v) is 5.87. The third-order valence-electron chi connectivity index (χ3n) is 2.04. The summed E-state index contributed by atoms with van der Waals surface area (Å²) in [5.74, 6) is 1.03. The Labute approximate surface area is 112 Å². The van der Waals surface area contributed by atoms with Gasteiger partial charge in [0.15, 0.2) is 5.69 Å². The standard InChI is InChI=1S/C12H8IN3O/c13-8-1-3-9(4-2-8)17-12-6-5-10(15)11(7-14)16-12/h1-6H,15H2. The average molecular weight is 337 g/mol. The molecule has 1 aromatic heterocycles. The molecule has 0 aliphatic heterocycles. The Bertz CT molecular complexity index is 575. The first-order chi connectivity index (χ1) is 8.19. The lowest BCUT2D eigenvalue weighted by Gasteiger charge is -2.05. The Morgan fingerprint density at radius 1 is 1.18 bits per heavy atom. The summed E-state index contributed by atoms with van der Waals surface area (Å²) in [6, 6.07) is 12.7. The van der Waals surface area contributed by atoms with Crippen LogP contribution in [0.15, 0.2) is 36.4 Å². The van der Waals surface area contributed by atoms with E-state index in [0.29, 0.717) is 17.3 Å². The molecule has 0 saturated heterocycles. The highest BCUT2D eigenvalue weighted by Crippen LogP contribution is 2.22. The smallest absolute Gasteiger partial charge is 0.220 e. The van der Waals surface area contributed by atoms with E-state index in [1.807, 2.05) is 30.3 Å². The number of nitrogens with two attached hydrogens (primary N) is 1. The molecule has 4 nitrogen and oxygen atoms in total. The molecule has 84 valence electrons. The molecule has 0 aliphatic carbocycles. The van der Waals surface area contributed by atoms with Gasteiger partial charge in [0.2, 0.25) is 5.88 Å². The van der Waals surface area contributed by atoms with Crippen LogP contribution in [0.2, 0.25) is 0 Å². The van der Waals surface area contributed by atoms with Crippen molar-refractivity contribution in [2.24, 2.45) is 0 Å². The van der Waals surface area contributed by atoms with Crippen molar-refractivity contribution in [2.45, 2.75) is 0 Å². The normalized spacial score (nSPS) is 9.65. The summed E-state index contributed by atoms with van der Waals surface area (Å²) in [5, 5.41) is 8.80. The third-order valence-corrected chi connectivity index (χ3v) is 2.76. The maximum Gasteiger partial charge on any atom is 0.220 e. The number of aromatic nitrogens is 1. The van der Waals surface area contributed by atoms with Crippen molar-refractivity contribution < 1.29 is 4.74 Å². The van der Waals surface area contributed by atoms with Gasteiger partial charge >= 0.3 is 0 Å². The summed E-state index contributed by atoms with van der Waals surface area (Å²) < 4.78 is 6.63. The van der Waals surface area contributed by atoms with Crippen molar-refractivity contribution >= 4 is 28.3 Å². The van der Waals surface area contributed by atoms with Crippen LogP contribution in [0.3, 0.4) is 0 Å². The van der Waals surface area contributed by atoms with Crippen molar-refractivity contribution in [2.75, 3.05) is 5.73 Å². The summed E-state index contributed by atoms with van der Waals surface area (Å²) in [5.41, 5.74) is 6.10. The first kappa shape index (κ1) is 11.7. The van der Waals surface area contributed by atoms with Crippen LogP contribution in [0.25, 0.3) is 0 Å². The molecule has 0 aliphatic rings. The van der Waals surface area contributed by atoms with Crippen LogP contribution in [-0.2, 0) is 0 Å². The van der Waals surface area contributed by atoms with Crippen molar-refractivity contribution in [1.82, 2.24) is 4.98 Å². The summed E-state index contributed by atoms with van der Waals surface area (Å²) >= 11 is 2.21. The number of nitriles is 1. The molecule has 0 unspecified atom stereocenters. The second-order valence-electron chi connectivity index (χ2n) is 3.26. The summed E-state index contributed by atoms with van der Waals surface area (Å²) in [6.45, 7) is 0. The van der Waals surface area contributed by atoms with Gasteiger partial charge in [0.25, 0.3) is 0 Å². The summed E-state index contributed by atoms with van der Waals surface area (Å²) in [6.07, 6.45) is 0. The molecule has 0 spiro atoms. The number of nitrogens with zero attached hydrogens (tertiary/aromatic N) is 2. The van der Waals surface area contributed by atoms with E-state index in [9.17, 15) is 0 Å². The van der Waals surface area contributed by atoms with Gasteiger partial charge in [-0.05, 0) is 52.9 Å². The zero-order valence-corrected chi connectivity index (χ0v) is 10.9. The second-order valence-corrected chi connectivity index (χ2v) is 4.50. The first-order valence-electron chi connectivity index (χ1n) is 4.79. The van der Waals surface area contributed by atoms with Crippen LogP contribution in [0.5, 0.6) is 11.6 Å². The molecule has 17 heavy (non-hydrogen) atoms. The molecule has 0 fully saturated rings. The minimum atomic E-state index is 0.174. The predicted octanol–water partition coefficient (Wildman–Crippen LogP) is 2.93. The van der Waals surface area contributed by atoms with E-state index in [1.54, 1.807) is 12.1 Å². The Hall–Kier alpha value is -1.81. The zero-order chi connectivity index (χ0) is 12.3. The lowest BCUT2D eigenvalue weighted by Crippen LogP contribution is -1.96. The van der Waals surface area contributed by atoms with Crippen LogP contribution in [0, 0.1) is 14.9 Å². The largest absolute Gasteiger partial charge is 0.439 e. The molecule has 5 heteroatoms. The van der Waals surface area contributed by atoms with Crippen molar-refractivity contribution in [3.8, 4) is 17.7 Å². The molecule has 0 radical (unpaired) electrons. The molecule has 0 bridgehead atoms.